The topological polar surface area (TPSA) is 101 Å². The molecule has 27 heavy (non-hydrogen) atoms. The average Bonchev–Trinajstić information content (AvgIpc) is 2.94. The van der Waals surface area contributed by atoms with E-state index in [1.165, 1.54) is 0 Å². The Morgan fingerprint density at radius 2 is 1.96 bits per heavy atom. The second-order valence-corrected chi connectivity index (χ2v) is 7.93. The second-order valence-electron chi connectivity index (χ2n) is 6.28. The number of sulfonamides is 1. The Labute approximate surface area is 159 Å². The zero-order chi connectivity index (χ0) is 19.1. The molecule has 0 saturated carbocycles. The molecule has 8 heteroatoms. The van der Waals surface area contributed by atoms with Crippen LogP contribution in [0.2, 0.25) is 0 Å². The van der Waals surface area contributed by atoms with Crippen molar-refractivity contribution in [2.75, 3.05) is 6.54 Å². The third-order valence-corrected chi connectivity index (χ3v) is 5.60. The van der Waals surface area contributed by atoms with Crippen molar-refractivity contribution in [1.82, 2.24) is 15.0 Å². The molecule has 0 fully saturated rings. The van der Waals surface area contributed by atoms with Crippen LogP contribution in [0.5, 0.6) is 0 Å². The molecule has 0 unspecified atom stereocenters. The van der Waals surface area contributed by atoms with Gasteiger partial charge in [0.25, 0.3) is 10.0 Å². The molecule has 0 bridgehead atoms. The summed E-state index contributed by atoms with van der Waals surface area (Å²) in [5.74, 6) is 0.419. The number of nitrogens with one attached hydrogen (secondary N) is 2. The SMILES string of the molecule is O=C(CCCCCN=C1NS(=O)(=O)c2ccccc21)NCc1cccnc1. The van der Waals surface area contributed by atoms with E-state index in [2.05, 4.69) is 20.0 Å². The Balaban J connectivity index is 1.36. The van der Waals surface area contributed by atoms with E-state index in [9.17, 15) is 13.2 Å². The summed E-state index contributed by atoms with van der Waals surface area (Å²) in [6.07, 6.45) is 6.31. The quantitative estimate of drug-likeness (QED) is 0.678. The molecule has 1 aromatic carbocycles. The van der Waals surface area contributed by atoms with Crippen LogP contribution < -0.4 is 10.0 Å². The zero-order valence-electron chi connectivity index (χ0n) is 14.9. The number of pyridine rings is 1. The summed E-state index contributed by atoms with van der Waals surface area (Å²) in [5, 5.41) is 2.87. The Morgan fingerprint density at radius 1 is 1.11 bits per heavy atom. The van der Waals surface area contributed by atoms with Gasteiger partial charge in [0.2, 0.25) is 5.91 Å². The summed E-state index contributed by atoms with van der Waals surface area (Å²) in [6, 6.07) is 10.6. The minimum absolute atomic E-state index is 0.0163. The van der Waals surface area contributed by atoms with Crippen LogP contribution in [-0.2, 0) is 21.4 Å². The van der Waals surface area contributed by atoms with Crippen LogP contribution in [0.3, 0.4) is 0 Å². The van der Waals surface area contributed by atoms with Crippen molar-refractivity contribution >= 4 is 21.8 Å². The fraction of sp³-hybridized carbons (Fsp3) is 0.316. The summed E-state index contributed by atoms with van der Waals surface area (Å²) in [6.45, 7) is 1.00. The lowest BCUT2D eigenvalue weighted by Crippen LogP contribution is -2.22. The highest BCUT2D eigenvalue weighted by atomic mass is 32.2. The fourth-order valence-corrected chi connectivity index (χ4v) is 4.06. The number of fused-ring (bicyclic) bond motifs is 1. The Bertz CT molecular complexity index is 927. The zero-order valence-corrected chi connectivity index (χ0v) is 15.7. The summed E-state index contributed by atoms with van der Waals surface area (Å²) in [5.41, 5.74) is 1.59. The molecule has 7 nitrogen and oxygen atoms in total. The smallest absolute Gasteiger partial charge is 0.263 e. The minimum Gasteiger partial charge on any atom is -0.352 e. The first-order valence-corrected chi connectivity index (χ1v) is 10.4. The highest BCUT2D eigenvalue weighted by Gasteiger charge is 2.29. The molecule has 0 radical (unpaired) electrons. The first-order valence-electron chi connectivity index (χ1n) is 8.88. The first kappa shape index (κ1) is 19.0. The van der Waals surface area contributed by atoms with Gasteiger partial charge < -0.3 is 5.32 Å². The highest BCUT2D eigenvalue weighted by molar-refractivity contribution is 7.90. The van der Waals surface area contributed by atoms with Gasteiger partial charge in [-0.25, -0.2) is 8.42 Å². The van der Waals surface area contributed by atoms with Crippen molar-refractivity contribution in [3.63, 3.8) is 0 Å². The standard InChI is InChI=1S/C19H22N4O3S/c24-18(22-14-15-7-6-11-20-13-15)10-2-1-5-12-21-19-16-8-3-4-9-17(16)27(25,26)23-19/h3-4,6-9,11,13H,1-2,5,10,12,14H2,(H,21,23)(H,22,24). The summed E-state index contributed by atoms with van der Waals surface area (Å²) < 4.78 is 26.5. The normalized spacial score (nSPS) is 15.9. The van der Waals surface area contributed by atoms with Gasteiger partial charge in [-0.2, -0.15) is 0 Å². The molecule has 2 heterocycles. The van der Waals surface area contributed by atoms with Crippen molar-refractivity contribution in [1.29, 1.82) is 0 Å². The summed E-state index contributed by atoms with van der Waals surface area (Å²) >= 11 is 0. The fourth-order valence-electron chi connectivity index (χ4n) is 2.81. The number of rotatable bonds is 8. The van der Waals surface area contributed by atoms with Crippen LogP contribution in [0, 0.1) is 0 Å². The predicted octanol–water partition coefficient (Wildman–Crippen LogP) is 2.00. The number of nitrogens with zero attached hydrogens (tertiary/aromatic N) is 2. The number of amides is 1. The maximum atomic E-state index is 12.0. The third-order valence-electron chi connectivity index (χ3n) is 4.21. The van der Waals surface area contributed by atoms with Crippen LogP contribution in [0.1, 0.15) is 36.8 Å². The number of carbonyl (C=O) groups excluding carboxylic acids is 1. The lowest BCUT2D eigenvalue weighted by atomic mass is 10.2. The molecule has 2 N–H and O–H groups in total. The van der Waals surface area contributed by atoms with Crippen LogP contribution in [0.15, 0.2) is 58.7 Å². The molecule has 0 atom stereocenters. The van der Waals surface area contributed by atoms with Gasteiger partial charge in [0.05, 0.1) is 4.90 Å². The van der Waals surface area contributed by atoms with Crippen molar-refractivity contribution in [3.8, 4) is 0 Å². The average molecular weight is 386 g/mol. The molecule has 142 valence electrons. The Kier molecular flexibility index (Phi) is 6.18. The maximum absolute atomic E-state index is 12.0. The number of unbranched alkanes of at least 4 members (excludes halogenated alkanes) is 2. The van der Waals surface area contributed by atoms with E-state index in [4.69, 9.17) is 0 Å². The number of amidine groups is 1. The molecular weight excluding hydrogens is 364 g/mol. The van der Waals surface area contributed by atoms with E-state index in [-0.39, 0.29) is 10.8 Å². The van der Waals surface area contributed by atoms with E-state index < -0.39 is 10.0 Å². The molecule has 0 aliphatic carbocycles. The molecule has 1 amide bonds. The first-order chi connectivity index (χ1) is 13.1. The van der Waals surface area contributed by atoms with E-state index in [1.807, 2.05) is 12.1 Å². The molecule has 3 rings (SSSR count). The Hall–Kier alpha value is -2.74. The van der Waals surface area contributed by atoms with Crippen molar-refractivity contribution in [2.45, 2.75) is 37.1 Å². The Morgan fingerprint density at radius 3 is 2.78 bits per heavy atom. The van der Waals surface area contributed by atoms with E-state index in [1.54, 1.807) is 36.7 Å². The van der Waals surface area contributed by atoms with Crippen LogP contribution in [0.25, 0.3) is 0 Å². The van der Waals surface area contributed by atoms with Crippen LogP contribution in [-0.4, -0.2) is 31.7 Å². The van der Waals surface area contributed by atoms with Gasteiger partial charge in [-0.05, 0) is 36.6 Å². The lowest BCUT2D eigenvalue weighted by molar-refractivity contribution is -0.121. The van der Waals surface area contributed by atoms with Crippen molar-refractivity contribution < 1.29 is 13.2 Å². The molecule has 0 spiro atoms. The molecule has 1 aliphatic heterocycles. The number of aromatic nitrogens is 1. The van der Waals surface area contributed by atoms with E-state index >= 15 is 0 Å². The van der Waals surface area contributed by atoms with Gasteiger partial charge in [-0.1, -0.05) is 24.6 Å². The maximum Gasteiger partial charge on any atom is 0.263 e. The van der Waals surface area contributed by atoms with Gasteiger partial charge in [0.15, 0.2) is 0 Å². The molecule has 1 aromatic heterocycles. The third kappa shape index (κ3) is 5.13. The van der Waals surface area contributed by atoms with E-state index in [0.29, 0.717) is 30.9 Å². The number of carbonyl (C=O) groups is 1. The number of hydrogen-bond acceptors (Lipinski definition) is 5. The monoisotopic (exact) mass is 386 g/mol. The largest absolute Gasteiger partial charge is 0.352 e. The van der Waals surface area contributed by atoms with Gasteiger partial charge in [0, 0.05) is 37.5 Å². The molecule has 1 aliphatic rings. The van der Waals surface area contributed by atoms with Crippen molar-refractivity contribution in [2.24, 2.45) is 4.99 Å². The van der Waals surface area contributed by atoms with Gasteiger partial charge in [-0.15, -0.1) is 0 Å². The number of hydrogen-bond donors (Lipinski definition) is 2. The number of benzene rings is 1. The second kappa shape index (κ2) is 8.77. The predicted molar refractivity (Wildman–Crippen MR) is 103 cm³/mol. The summed E-state index contributed by atoms with van der Waals surface area (Å²) in [7, 11) is -3.48. The van der Waals surface area contributed by atoms with Crippen LogP contribution >= 0.6 is 0 Å². The number of aliphatic imine (C=N–C) groups is 1. The molecule has 0 saturated heterocycles. The van der Waals surface area contributed by atoms with Gasteiger partial charge in [0.1, 0.15) is 5.84 Å². The molecule has 2 aromatic rings. The highest BCUT2D eigenvalue weighted by Crippen LogP contribution is 2.22. The summed E-state index contributed by atoms with van der Waals surface area (Å²) in [4.78, 5) is 20.5. The van der Waals surface area contributed by atoms with E-state index in [0.717, 1.165) is 24.8 Å². The van der Waals surface area contributed by atoms with Crippen molar-refractivity contribution in [3.05, 3.63) is 59.9 Å². The van der Waals surface area contributed by atoms with Crippen LogP contribution in [0.4, 0.5) is 0 Å². The minimum atomic E-state index is -3.48. The van der Waals surface area contributed by atoms with Gasteiger partial charge >= 0.3 is 0 Å². The lowest BCUT2D eigenvalue weighted by Gasteiger charge is -2.05. The van der Waals surface area contributed by atoms with Gasteiger partial charge in [-0.3, -0.25) is 19.5 Å². The molecular formula is C19H22N4O3S.